The number of nitrogens with one attached hydrogen (secondary N) is 1. The van der Waals surface area contributed by atoms with Crippen LogP contribution in [0.5, 0.6) is 0 Å². The highest BCUT2D eigenvalue weighted by Gasteiger charge is 2.41. The van der Waals surface area contributed by atoms with Crippen LogP contribution >= 0.6 is 0 Å². The molecule has 1 aromatic carbocycles. The van der Waals surface area contributed by atoms with Crippen LogP contribution in [0.2, 0.25) is 0 Å². The molecule has 0 aliphatic heterocycles. The molecule has 1 aliphatic rings. The maximum absolute atomic E-state index is 12.2. The predicted molar refractivity (Wildman–Crippen MR) is 77.6 cm³/mol. The Labute approximate surface area is 120 Å². The second-order valence-corrected chi connectivity index (χ2v) is 6.93. The Balaban J connectivity index is 2.05. The quantitative estimate of drug-likeness (QED) is 0.809. The lowest BCUT2D eigenvalue weighted by molar-refractivity contribution is 0.350. The fourth-order valence-corrected chi connectivity index (χ4v) is 3.18. The molecule has 108 valence electrons. The van der Waals surface area contributed by atoms with Gasteiger partial charge in [-0.2, -0.15) is 0 Å². The molecule has 0 amide bonds. The van der Waals surface area contributed by atoms with Gasteiger partial charge in [0, 0.05) is 12.1 Å². The summed E-state index contributed by atoms with van der Waals surface area (Å²) in [6, 6.07) is 6.36. The summed E-state index contributed by atoms with van der Waals surface area (Å²) in [6.45, 7) is 2.40. The highest BCUT2D eigenvalue weighted by atomic mass is 32.2. The van der Waals surface area contributed by atoms with Gasteiger partial charge in [-0.3, -0.25) is 0 Å². The average Bonchev–Trinajstić information content (AvgIpc) is 3.24. The van der Waals surface area contributed by atoms with Crippen molar-refractivity contribution in [2.24, 2.45) is 5.41 Å². The van der Waals surface area contributed by atoms with Gasteiger partial charge in [0.05, 0.1) is 4.90 Å². The van der Waals surface area contributed by atoms with E-state index >= 15 is 0 Å². The molecule has 1 aliphatic carbocycles. The predicted octanol–water partition coefficient (Wildman–Crippen LogP) is 1.50. The van der Waals surface area contributed by atoms with E-state index in [1.165, 1.54) is 12.1 Å². The monoisotopic (exact) mass is 293 g/mol. The van der Waals surface area contributed by atoms with Gasteiger partial charge in [-0.1, -0.05) is 18.8 Å². The van der Waals surface area contributed by atoms with Crippen LogP contribution in [-0.4, -0.2) is 26.7 Å². The Kier molecular flexibility index (Phi) is 4.48. The summed E-state index contributed by atoms with van der Waals surface area (Å²) < 4.78 is 27.0. The fraction of sp³-hybridized carbons (Fsp3) is 0.467. The first-order valence-corrected chi connectivity index (χ1v) is 8.19. The number of hydrogen-bond acceptors (Lipinski definition) is 3. The Bertz CT molecular complexity index is 619. The third-order valence-electron chi connectivity index (χ3n) is 3.82. The number of hydrogen-bond donors (Lipinski definition) is 2. The highest BCUT2D eigenvalue weighted by molar-refractivity contribution is 7.89. The smallest absolute Gasteiger partial charge is 0.240 e. The molecule has 0 spiro atoms. The molecule has 2 N–H and O–H groups in total. The van der Waals surface area contributed by atoms with Crippen molar-refractivity contribution in [1.82, 2.24) is 4.72 Å². The summed E-state index contributed by atoms with van der Waals surface area (Å²) >= 11 is 0. The summed E-state index contributed by atoms with van der Waals surface area (Å²) in [5.74, 6) is 5.26. The van der Waals surface area contributed by atoms with Crippen molar-refractivity contribution in [3.05, 3.63) is 29.8 Å². The van der Waals surface area contributed by atoms with Crippen molar-refractivity contribution >= 4 is 10.0 Å². The van der Waals surface area contributed by atoms with Crippen LogP contribution in [0.4, 0.5) is 0 Å². The second kappa shape index (κ2) is 5.96. The zero-order valence-electron chi connectivity index (χ0n) is 11.5. The van der Waals surface area contributed by atoms with E-state index in [0.29, 0.717) is 12.1 Å². The normalized spacial score (nSPS) is 16.3. The summed E-state index contributed by atoms with van der Waals surface area (Å²) in [5.41, 5.74) is 0.866. The van der Waals surface area contributed by atoms with Crippen LogP contribution in [0, 0.1) is 17.3 Å². The summed E-state index contributed by atoms with van der Waals surface area (Å²) in [6.07, 6.45) is 3.20. The standard InChI is InChI=1S/C15H19NO3S/c1-2-15(9-10-15)12-16-20(18,19)14-7-5-13(6-8-14)4-3-11-17/h5-8,16-17H,2,9-12H2,1H3. The third-order valence-corrected chi connectivity index (χ3v) is 5.24. The topological polar surface area (TPSA) is 66.4 Å². The average molecular weight is 293 g/mol. The number of rotatable bonds is 5. The Hall–Kier alpha value is -1.35. The van der Waals surface area contributed by atoms with Crippen LogP contribution in [0.15, 0.2) is 29.2 Å². The molecule has 1 aromatic rings. The van der Waals surface area contributed by atoms with Gasteiger partial charge < -0.3 is 5.11 Å². The van der Waals surface area contributed by atoms with E-state index in [9.17, 15) is 8.42 Å². The van der Waals surface area contributed by atoms with Crippen LogP contribution < -0.4 is 4.72 Å². The minimum absolute atomic E-state index is 0.180. The molecule has 1 fully saturated rings. The lowest BCUT2D eigenvalue weighted by Crippen LogP contribution is -2.30. The molecule has 0 radical (unpaired) electrons. The molecule has 0 saturated heterocycles. The van der Waals surface area contributed by atoms with E-state index < -0.39 is 10.0 Å². The van der Waals surface area contributed by atoms with Crippen molar-refractivity contribution in [3.63, 3.8) is 0 Å². The lowest BCUT2D eigenvalue weighted by atomic mass is 10.1. The van der Waals surface area contributed by atoms with Crippen molar-refractivity contribution < 1.29 is 13.5 Å². The molecule has 20 heavy (non-hydrogen) atoms. The summed E-state index contributed by atoms with van der Waals surface area (Å²) in [7, 11) is -3.45. The summed E-state index contributed by atoms with van der Waals surface area (Å²) in [4.78, 5) is 0.249. The third kappa shape index (κ3) is 3.60. The number of sulfonamides is 1. The first kappa shape index (κ1) is 15.0. The minimum atomic E-state index is -3.45. The van der Waals surface area contributed by atoms with E-state index in [1.807, 2.05) is 0 Å². The van der Waals surface area contributed by atoms with Gasteiger partial charge in [0.25, 0.3) is 0 Å². The molecule has 0 heterocycles. The lowest BCUT2D eigenvalue weighted by Gasteiger charge is -2.13. The van der Waals surface area contributed by atoms with Gasteiger partial charge in [-0.05, 0) is 48.9 Å². The summed E-state index contributed by atoms with van der Waals surface area (Å²) in [5, 5.41) is 8.61. The molecule has 4 nitrogen and oxygen atoms in total. The maximum Gasteiger partial charge on any atom is 0.240 e. The van der Waals surface area contributed by atoms with E-state index in [2.05, 4.69) is 23.5 Å². The number of aliphatic hydroxyl groups is 1. The second-order valence-electron chi connectivity index (χ2n) is 5.16. The maximum atomic E-state index is 12.2. The first-order chi connectivity index (χ1) is 9.51. The minimum Gasteiger partial charge on any atom is -0.384 e. The van der Waals surface area contributed by atoms with Crippen LogP contribution in [0.1, 0.15) is 31.7 Å². The Morgan fingerprint density at radius 2 is 1.95 bits per heavy atom. The van der Waals surface area contributed by atoms with E-state index in [0.717, 1.165) is 19.3 Å². The zero-order chi connectivity index (χ0) is 14.6. The Morgan fingerprint density at radius 3 is 2.45 bits per heavy atom. The van der Waals surface area contributed by atoms with E-state index in [1.54, 1.807) is 12.1 Å². The molecule has 0 aromatic heterocycles. The zero-order valence-corrected chi connectivity index (χ0v) is 12.3. The highest BCUT2D eigenvalue weighted by Crippen LogP contribution is 2.48. The first-order valence-electron chi connectivity index (χ1n) is 6.71. The van der Waals surface area contributed by atoms with Crippen molar-refractivity contribution in [3.8, 4) is 11.8 Å². The Morgan fingerprint density at radius 1 is 1.30 bits per heavy atom. The number of aliphatic hydroxyl groups excluding tert-OH is 1. The van der Waals surface area contributed by atoms with Crippen LogP contribution in [0.25, 0.3) is 0 Å². The van der Waals surface area contributed by atoms with Crippen molar-refractivity contribution in [2.45, 2.75) is 31.1 Å². The van der Waals surface area contributed by atoms with E-state index in [-0.39, 0.29) is 16.9 Å². The molecular weight excluding hydrogens is 274 g/mol. The van der Waals surface area contributed by atoms with Gasteiger partial charge in [0.2, 0.25) is 10.0 Å². The SMILES string of the molecule is CCC1(CNS(=O)(=O)c2ccc(C#CCO)cc2)CC1. The molecule has 0 unspecified atom stereocenters. The fourth-order valence-electron chi connectivity index (χ4n) is 2.02. The largest absolute Gasteiger partial charge is 0.384 e. The van der Waals surface area contributed by atoms with Gasteiger partial charge >= 0.3 is 0 Å². The van der Waals surface area contributed by atoms with Crippen molar-refractivity contribution in [2.75, 3.05) is 13.2 Å². The molecule has 1 saturated carbocycles. The van der Waals surface area contributed by atoms with Gasteiger partial charge in [-0.25, -0.2) is 13.1 Å². The van der Waals surface area contributed by atoms with Crippen LogP contribution in [0.3, 0.4) is 0 Å². The molecule has 0 atom stereocenters. The molecule has 0 bridgehead atoms. The number of benzene rings is 1. The molecule has 2 rings (SSSR count). The van der Waals surface area contributed by atoms with E-state index in [4.69, 9.17) is 5.11 Å². The molecular formula is C15H19NO3S. The van der Waals surface area contributed by atoms with Gasteiger partial charge in [0.1, 0.15) is 6.61 Å². The van der Waals surface area contributed by atoms with Gasteiger partial charge in [0.15, 0.2) is 0 Å². The van der Waals surface area contributed by atoms with Gasteiger partial charge in [-0.15, -0.1) is 0 Å². The molecule has 5 heteroatoms. The van der Waals surface area contributed by atoms with Crippen molar-refractivity contribution in [1.29, 1.82) is 0 Å². The van der Waals surface area contributed by atoms with Crippen LogP contribution in [-0.2, 0) is 10.0 Å².